The standard InChI is InChI=1S/C41H45BrFN3O7/c1-26-4-6-28(7-5-26)16-17-46(32-13-14-32)41(51)40-34(20-31-23-45(24-36(40)44-31)38(48)21-33(53-25-47)22-39(49)50)29-10-8-27(9-11-29)3-2-18-52-37-19-30(43)12-15-35(37)42/h4-12,15,19,25,31-33,36,44H,2-3,13-14,16-18,20-24H2,1H3,(H,49,50)/t31-,33-,36-/m1/s1. The fraction of sp³-hybridized carbons (Fsp3) is 0.415. The van der Waals surface area contributed by atoms with Crippen LogP contribution in [0.5, 0.6) is 5.75 Å². The van der Waals surface area contributed by atoms with Gasteiger partial charge in [-0.15, -0.1) is 0 Å². The van der Waals surface area contributed by atoms with Gasteiger partial charge in [0.1, 0.15) is 17.7 Å². The average Bonchev–Trinajstić information content (AvgIpc) is 3.97. The summed E-state index contributed by atoms with van der Waals surface area (Å²) in [4.78, 5) is 54.3. The quantitative estimate of drug-likeness (QED) is 0.129. The summed E-state index contributed by atoms with van der Waals surface area (Å²) in [5.41, 5.74) is 6.04. The number of aryl methyl sites for hydroxylation is 2. The van der Waals surface area contributed by atoms with Crippen molar-refractivity contribution in [1.82, 2.24) is 15.1 Å². The van der Waals surface area contributed by atoms with E-state index in [-0.39, 0.29) is 49.2 Å². The van der Waals surface area contributed by atoms with Gasteiger partial charge in [-0.05, 0) is 95.8 Å². The normalized spacial score (nSPS) is 18.7. The number of aliphatic carboxylic acids is 1. The van der Waals surface area contributed by atoms with E-state index in [1.54, 1.807) is 11.0 Å². The van der Waals surface area contributed by atoms with Crippen molar-refractivity contribution in [2.24, 2.45) is 0 Å². The Kier molecular flexibility index (Phi) is 12.6. The second kappa shape index (κ2) is 17.5. The first-order valence-electron chi connectivity index (χ1n) is 18.2. The van der Waals surface area contributed by atoms with Gasteiger partial charge in [-0.1, -0.05) is 54.1 Å². The van der Waals surface area contributed by atoms with Gasteiger partial charge in [-0.3, -0.25) is 19.2 Å². The lowest BCUT2D eigenvalue weighted by molar-refractivity contribution is -0.147. The molecule has 53 heavy (non-hydrogen) atoms. The van der Waals surface area contributed by atoms with Crippen molar-refractivity contribution in [3.8, 4) is 5.75 Å². The molecule has 2 amide bonds. The summed E-state index contributed by atoms with van der Waals surface area (Å²) in [5.74, 6) is -1.40. The van der Waals surface area contributed by atoms with E-state index in [0.717, 1.165) is 54.4 Å². The number of nitrogens with zero attached hydrogens (tertiary/aromatic N) is 2. The monoisotopic (exact) mass is 789 g/mol. The van der Waals surface area contributed by atoms with Crippen LogP contribution in [0.4, 0.5) is 4.39 Å². The summed E-state index contributed by atoms with van der Waals surface area (Å²) in [6.07, 6.45) is 2.85. The Morgan fingerprint density at radius 1 is 1.02 bits per heavy atom. The third kappa shape index (κ3) is 10.1. The van der Waals surface area contributed by atoms with E-state index in [4.69, 9.17) is 9.47 Å². The van der Waals surface area contributed by atoms with Crippen LogP contribution in [0.1, 0.15) is 60.8 Å². The van der Waals surface area contributed by atoms with Crippen molar-refractivity contribution in [1.29, 1.82) is 0 Å². The molecule has 3 aromatic carbocycles. The highest BCUT2D eigenvalue weighted by Crippen LogP contribution is 2.37. The molecular formula is C41H45BrFN3O7. The smallest absolute Gasteiger partial charge is 0.307 e. The molecule has 1 saturated carbocycles. The summed E-state index contributed by atoms with van der Waals surface area (Å²) in [5, 5.41) is 12.9. The molecule has 3 atom stereocenters. The maximum atomic E-state index is 14.8. The average molecular weight is 791 g/mol. The van der Waals surface area contributed by atoms with Crippen molar-refractivity contribution >= 4 is 45.8 Å². The molecule has 0 aromatic heterocycles. The molecule has 3 aromatic rings. The Bertz CT molecular complexity index is 1830. The van der Waals surface area contributed by atoms with Gasteiger partial charge in [-0.25, -0.2) is 4.39 Å². The third-order valence-corrected chi connectivity index (χ3v) is 10.8. The van der Waals surface area contributed by atoms with Crippen LogP contribution in [-0.4, -0.2) is 89.6 Å². The van der Waals surface area contributed by atoms with Gasteiger partial charge in [0.2, 0.25) is 5.91 Å². The van der Waals surface area contributed by atoms with Crippen LogP contribution in [-0.2, 0) is 36.8 Å². The van der Waals surface area contributed by atoms with Crippen molar-refractivity contribution in [2.75, 3.05) is 26.2 Å². The molecule has 0 spiro atoms. The Labute approximate surface area is 317 Å². The number of halogens is 2. The molecule has 2 fully saturated rings. The predicted molar refractivity (Wildman–Crippen MR) is 201 cm³/mol. The van der Waals surface area contributed by atoms with E-state index < -0.39 is 24.5 Å². The third-order valence-electron chi connectivity index (χ3n) is 10.1. The molecule has 3 aliphatic rings. The first kappa shape index (κ1) is 38.2. The van der Waals surface area contributed by atoms with Crippen molar-refractivity contribution in [3.05, 3.63) is 105 Å². The fourth-order valence-electron chi connectivity index (χ4n) is 7.25. The van der Waals surface area contributed by atoms with E-state index >= 15 is 0 Å². The van der Waals surface area contributed by atoms with Gasteiger partial charge in [0.15, 0.2) is 0 Å². The Morgan fingerprint density at radius 2 is 1.74 bits per heavy atom. The maximum absolute atomic E-state index is 14.8. The number of ether oxygens (including phenoxy) is 2. The highest BCUT2D eigenvalue weighted by atomic mass is 79.9. The molecule has 0 radical (unpaired) electrons. The van der Waals surface area contributed by atoms with E-state index in [1.165, 1.54) is 17.7 Å². The zero-order valence-electron chi connectivity index (χ0n) is 29.8. The minimum Gasteiger partial charge on any atom is -0.492 e. The second-order valence-corrected chi connectivity index (χ2v) is 15.0. The van der Waals surface area contributed by atoms with E-state index in [0.29, 0.717) is 41.9 Å². The van der Waals surface area contributed by atoms with Crippen LogP contribution in [0.15, 0.2) is 76.8 Å². The topological polar surface area (TPSA) is 125 Å². The number of hydrogen-bond acceptors (Lipinski definition) is 7. The summed E-state index contributed by atoms with van der Waals surface area (Å²) in [6.45, 7) is 3.84. The highest BCUT2D eigenvalue weighted by molar-refractivity contribution is 9.10. The maximum Gasteiger partial charge on any atom is 0.307 e. The summed E-state index contributed by atoms with van der Waals surface area (Å²) in [6, 6.07) is 20.6. The second-order valence-electron chi connectivity index (χ2n) is 14.2. The summed E-state index contributed by atoms with van der Waals surface area (Å²) in [7, 11) is 0. The molecule has 0 unspecified atom stereocenters. The van der Waals surface area contributed by atoms with Crippen molar-refractivity contribution < 1.29 is 38.1 Å². The predicted octanol–water partition coefficient (Wildman–Crippen LogP) is 5.87. The first-order chi connectivity index (χ1) is 25.6. The Hall–Kier alpha value is -4.55. The van der Waals surface area contributed by atoms with Crippen LogP contribution in [0, 0.1) is 12.7 Å². The van der Waals surface area contributed by atoms with E-state index in [2.05, 4.69) is 76.7 Å². The van der Waals surface area contributed by atoms with Crippen LogP contribution in [0.3, 0.4) is 0 Å². The van der Waals surface area contributed by atoms with Gasteiger partial charge in [0.05, 0.1) is 30.0 Å². The number of carboxylic acids is 1. The van der Waals surface area contributed by atoms with E-state index in [9.17, 15) is 28.7 Å². The fourth-order valence-corrected chi connectivity index (χ4v) is 7.61. The molecular weight excluding hydrogens is 745 g/mol. The van der Waals surface area contributed by atoms with Gasteiger partial charge in [0.25, 0.3) is 12.4 Å². The number of fused-ring (bicyclic) bond motifs is 2. The number of hydrogen-bond donors (Lipinski definition) is 2. The Balaban J connectivity index is 1.22. The Morgan fingerprint density at radius 3 is 2.43 bits per heavy atom. The van der Waals surface area contributed by atoms with Gasteiger partial charge >= 0.3 is 5.97 Å². The molecule has 2 heterocycles. The van der Waals surface area contributed by atoms with Gasteiger partial charge < -0.3 is 29.7 Å². The number of carbonyl (C=O) groups excluding carboxylic acids is 3. The summed E-state index contributed by atoms with van der Waals surface area (Å²) < 4.78 is 25.1. The molecule has 1 saturated heterocycles. The zero-order chi connectivity index (χ0) is 37.5. The lowest BCUT2D eigenvalue weighted by Crippen LogP contribution is -2.62. The molecule has 12 heteroatoms. The lowest BCUT2D eigenvalue weighted by Gasteiger charge is -2.45. The highest BCUT2D eigenvalue weighted by Gasteiger charge is 2.43. The van der Waals surface area contributed by atoms with Crippen molar-refractivity contribution in [2.45, 2.75) is 82.5 Å². The first-order valence-corrected chi connectivity index (χ1v) is 19.0. The molecule has 2 bridgehead atoms. The van der Waals surface area contributed by atoms with Crippen LogP contribution in [0.25, 0.3) is 5.57 Å². The number of benzene rings is 3. The molecule has 2 aliphatic heterocycles. The van der Waals surface area contributed by atoms with E-state index in [1.807, 2.05) is 4.90 Å². The molecule has 1 aliphatic carbocycles. The van der Waals surface area contributed by atoms with Gasteiger partial charge in [0, 0.05) is 43.4 Å². The lowest BCUT2D eigenvalue weighted by atomic mass is 9.82. The minimum atomic E-state index is -1.16. The van der Waals surface area contributed by atoms with Crippen molar-refractivity contribution in [3.63, 3.8) is 0 Å². The van der Waals surface area contributed by atoms with Crippen LogP contribution >= 0.6 is 15.9 Å². The summed E-state index contributed by atoms with van der Waals surface area (Å²) >= 11 is 3.40. The van der Waals surface area contributed by atoms with Crippen LogP contribution < -0.4 is 10.1 Å². The molecule has 2 N–H and O–H groups in total. The van der Waals surface area contributed by atoms with Gasteiger partial charge in [-0.2, -0.15) is 0 Å². The minimum absolute atomic E-state index is 0.0300. The number of rotatable bonds is 17. The number of amides is 2. The van der Waals surface area contributed by atoms with Crippen LogP contribution in [0.2, 0.25) is 0 Å². The number of carbonyl (C=O) groups is 4. The molecule has 280 valence electrons. The number of carboxylic acid groups (broad SMARTS) is 1. The molecule has 6 rings (SSSR count). The largest absolute Gasteiger partial charge is 0.492 e. The zero-order valence-corrected chi connectivity index (χ0v) is 31.4. The number of piperazine rings is 1. The number of nitrogens with one attached hydrogen (secondary N) is 1. The molecule has 10 nitrogen and oxygen atoms in total. The SMILES string of the molecule is Cc1ccc(CCN(C(=O)C2=C(c3ccc(CCCOc4cc(F)ccc4Br)cc3)C[C@@H]3CN(C(=O)C[C@H](CC(=O)O)OC=O)C[C@H]2N3)C2CC2)cc1.